The first-order valence-corrected chi connectivity index (χ1v) is 9.04. The molecule has 1 aromatic carbocycles. The molecular formula is C19H24N4O2. The van der Waals surface area contributed by atoms with Crippen LogP contribution in [0.15, 0.2) is 30.9 Å². The van der Waals surface area contributed by atoms with Crippen LogP contribution in [-0.2, 0) is 6.54 Å². The van der Waals surface area contributed by atoms with Crippen LogP contribution in [0, 0.1) is 5.92 Å². The van der Waals surface area contributed by atoms with Gasteiger partial charge >= 0.3 is 0 Å². The minimum atomic E-state index is 0.132. The summed E-state index contributed by atoms with van der Waals surface area (Å²) in [4.78, 5) is 19.0. The molecule has 132 valence electrons. The Kier molecular flexibility index (Phi) is 4.42. The van der Waals surface area contributed by atoms with E-state index in [2.05, 4.69) is 10.1 Å². The average molecular weight is 340 g/mol. The second kappa shape index (κ2) is 6.86. The molecule has 0 bridgehead atoms. The standard InChI is InChI=1S/C19H24N4O2/c1-25-18-7-6-16(9-17(18)15-4-5-15)19(24)22-8-2-3-14(10-22)11-23-13-20-12-21-23/h6-7,9,12-15H,2-5,8,10-11H2,1H3/t14-/m0/s1. The number of amides is 1. The first-order valence-electron chi connectivity index (χ1n) is 9.04. The zero-order chi connectivity index (χ0) is 17.2. The van der Waals surface area contributed by atoms with Crippen molar-refractivity contribution in [1.82, 2.24) is 19.7 Å². The van der Waals surface area contributed by atoms with E-state index in [1.165, 1.54) is 18.4 Å². The van der Waals surface area contributed by atoms with Gasteiger partial charge < -0.3 is 9.64 Å². The van der Waals surface area contributed by atoms with E-state index in [0.29, 0.717) is 11.8 Å². The third kappa shape index (κ3) is 3.52. The van der Waals surface area contributed by atoms with Gasteiger partial charge in [0.05, 0.1) is 7.11 Å². The lowest BCUT2D eigenvalue weighted by atomic mass is 9.97. The second-order valence-corrected chi connectivity index (χ2v) is 7.11. The van der Waals surface area contributed by atoms with Gasteiger partial charge in [-0.2, -0.15) is 5.10 Å². The first-order chi connectivity index (χ1) is 12.2. The molecule has 6 heteroatoms. The van der Waals surface area contributed by atoms with E-state index in [9.17, 15) is 4.79 Å². The zero-order valence-electron chi connectivity index (χ0n) is 14.6. The smallest absolute Gasteiger partial charge is 0.253 e. The maximum atomic E-state index is 13.0. The number of hydrogen-bond donors (Lipinski definition) is 0. The number of methoxy groups -OCH3 is 1. The van der Waals surface area contributed by atoms with Crippen LogP contribution >= 0.6 is 0 Å². The van der Waals surface area contributed by atoms with Crippen molar-refractivity contribution in [3.05, 3.63) is 42.0 Å². The Morgan fingerprint density at radius 2 is 2.20 bits per heavy atom. The molecule has 2 aromatic rings. The van der Waals surface area contributed by atoms with Crippen LogP contribution in [0.4, 0.5) is 0 Å². The van der Waals surface area contributed by atoms with Crippen LogP contribution in [0.25, 0.3) is 0 Å². The highest BCUT2D eigenvalue weighted by molar-refractivity contribution is 5.94. The van der Waals surface area contributed by atoms with E-state index in [-0.39, 0.29) is 5.91 Å². The number of aromatic nitrogens is 3. The first kappa shape index (κ1) is 16.1. The summed E-state index contributed by atoms with van der Waals surface area (Å²) >= 11 is 0. The van der Waals surface area contributed by atoms with Crippen molar-refractivity contribution < 1.29 is 9.53 Å². The number of piperidine rings is 1. The van der Waals surface area contributed by atoms with Gasteiger partial charge in [-0.15, -0.1) is 0 Å². The lowest BCUT2D eigenvalue weighted by Crippen LogP contribution is -2.41. The summed E-state index contributed by atoms with van der Waals surface area (Å²) < 4.78 is 7.32. The summed E-state index contributed by atoms with van der Waals surface area (Å²) in [6, 6.07) is 5.88. The summed E-state index contributed by atoms with van der Waals surface area (Å²) in [5, 5.41) is 4.18. The van der Waals surface area contributed by atoms with Crippen molar-refractivity contribution >= 4 is 5.91 Å². The van der Waals surface area contributed by atoms with E-state index >= 15 is 0 Å². The summed E-state index contributed by atoms with van der Waals surface area (Å²) in [5.74, 6) is 2.03. The Morgan fingerprint density at radius 1 is 1.32 bits per heavy atom. The SMILES string of the molecule is COc1ccc(C(=O)N2CCC[C@H](Cn3cncn3)C2)cc1C1CC1. The van der Waals surface area contributed by atoms with Gasteiger partial charge in [-0.3, -0.25) is 9.48 Å². The highest BCUT2D eigenvalue weighted by atomic mass is 16.5. The molecule has 25 heavy (non-hydrogen) atoms. The maximum absolute atomic E-state index is 13.0. The molecule has 1 saturated carbocycles. The molecule has 1 atom stereocenters. The van der Waals surface area contributed by atoms with Crippen LogP contribution in [0.2, 0.25) is 0 Å². The Hall–Kier alpha value is -2.37. The predicted octanol–water partition coefficient (Wildman–Crippen LogP) is 2.72. The van der Waals surface area contributed by atoms with E-state index in [1.54, 1.807) is 19.8 Å². The minimum Gasteiger partial charge on any atom is -0.496 e. The third-order valence-electron chi connectivity index (χ3n) is 5.21. The molecule has 6 nitrogen and oxygen atoms in total. The summed E-state index contributed by atoms with van der Waals surface area (Å²) in [5.41, 5.74) is 1.97. The fourth-order valence-corrected chi connectivity index (χ4v) is 3.75. The predicted molar refractivity (Wildman–Crippen MR) is 93.6 cm³/mol. The number of nitrogens with zero attached hydrogens (tertiary/aromatic N) is 4. The normalized spacial score (nSPS) is 20.5. The van der Waals surface area contributed by atoms with Crippen LogP contribution < -0.4 is 4.74 Å². The molecule has 2 heterocycles. The molecule has 1 aliphatic carbocycles. The second-order valence-electron chi connectivity index (χ2n) is 7.11. The van der Waals surface area contributed by atoms with Crippen molar-refractivity contribution in [2.75, 3.05) is 20.2 Å². The largest absolute Gasteiger partial charge is 0.496 e. The van der Waals surface area contributed by atoms with E-state index in [0.717, 1.165) is 43.8 Å². The monoisotopic (exact) mass is 340 g/mol. The van der Waals surface area contributed by atoms with Gasteiger partial charge in [0.15, 0.2) is 0 Å². The van der Waals surface area contributed by atoms with Crippen molar-refractivity contribution in [3.8, 4) is 5.75 Å². The molecule has 1 aromatic heterocycles. The van der Waals surface area contributed by atoms with Gasteiger partial charge in [-0.05, 0) is 61.3 Å². The Morgan fingerprint density at radius 3 is 2.92 bits per heavy atom. The Bertz CT molecular complexity index is 740. The third-order valence-corrected chi connectivity index (χ3v) is 5.21. The molecule has 0 unspecified atom stereocenters. The van der Waals surface area contributed by atoms with E-state index in [4.69, 9.17) is 4.74 Å². The lowest BCUT2D eigenvalue weighted by molar-refractivity contribution is 0.0659. The average Bonchev–Trinajstić information content (AvgIpc) is 3.38. The van der Waals surface area contributed by atoms with Crippen LogP contribution in [0.5, 0.6) is 5.75 Å². The number of carbonyl (C=O) groups is 1. The van der Waals surface area contributed by atoms with Crippen molar-refractivity contribution in [1.29, 1.82) is 0 Å². The Labute approximate surface area is 147 Å². The van der Waals surface area contributed by atoms with Crippen LogP contribution in [-0.4, -0.2) is 45.8 Å². The summed E-state index contributed by atoms with van der Waals surface area (Å²) in [7, 11) is 1.70. The highest BCUT2D eigenvalue weighted by Gasteiger charge is 2.29. The zero-order valence-corrected chi connectivity index (χ0v) is 14.6. The number of likely N-dealkylation sites (tertiary alicyclic amines) is 1. The van der Waals surface area contributed by atoms with Crippen molar-refractivity contribution in [2.24, 2.45) is 5.92 Å². The quantitative estimate of drug-likeness (QED) is 0.840. The topological polar surface area (TPSA) is 60.2 Å². The van der Waals surface area contributed by atoms with Gasteiger partial charge in [0.25, 0.3) is 5.91 Å². The number of ether oxygens (including phenoxy) is 1. The highest BCUT2D eigenvalue weighted by Crippen LogP contribution is 2.44. The van der Waals surface area contributed by atoms with Crippen LogP contribution in [0.3, 0.4) is 0 Å². The molecule has 1 aliphatic heterocycles. The van der Waals surface area contributed by atoms with Gasteiger partial charge in [0.1, 0.15) is 18.4 Å². The fraction of sp³-hybridized carbons (Fsp3) is 0.526. The molecule has 0 N–H and O–H groups in total. The molecule has 2 fully saturated rings. The number of carbonyl (C=O) groups excluding carboxylic acids is 1. The van der Waals surface area contributed by atoms with Crippen molar-refractivity contribution in [3.63, 3.8) is 0 Å². The molecule has 1 amide bonds. The molecule has 0 spiro atoms. The van der Waals surface area contributed by atoms with E-state index in [1.807, 2.05) is 27.8 Å². The van der Waals surface area contributed by atoms with Gasteiger partial charge in [0.2, 0.25) is 0 Å². The molecular weight excluding hydrogens is 316 g/mol. The minimum absolute atomic E-state index is 0.132. The maximum Gasteiger partial charge on any atom is 0.253 e. The van der Waals surface area contributed by atoms with Gasteiger partial charge in [-0.1, -0.05) is 0 Å². The number of benzene rings is 1. The van der Waals surface area contributed by atoms with E-state index < -0.39 is 0 Å². The molecule has 2 aliphatic rings. The molecule has 4 rings (SSSR count). The fourth-order valence-electron chi connectivity index (χ4n) is 3.75. The Balaban J connectivity index is 1.47. The molecule has 1 saturated heterocycles. The summed E-state index contributed by atoms with van der Waals surface area (Å²) in [6.45, 7) is 2.43. The molecule has 0 radical (unpaired) electrons. The number of rotatable bonds is 5. The van der Waals surface area contributed by atoms with Gasteiger partial charge in [0, 0.05) is 25.2 Å². The van der Waals surface area contributed by atoms with Crippen molar-refractivity contribution in [2.45, 2.75) is 38.1 Å². The summed E-state index contributed by atoms with van der Waals surface area (Å²) in [6.07, 6.45) is 7.85. The number of hydrogen-bond acceptors (Lipinski definition) is 4. The van der Waals surface area contributed by atoms with Gasteiger partial charge in [-0.25, -0.2) is 4.98 Å². The van der Waals surface area contributed by atoms with Crippen LogP contribution in [0.1, 0.15) is 47.5 Å². The lowest BCUT2D eigenvalue weighted by Gasteiger charge is -2.33.